The number of thiophene rings is 1. The van der Waals surface area contributed by atoms with Crippen molar-refractivity contribution in [2.75, 3.05) is 5.32 Å². The molecule has 30 heavy (non-hydrogen) atoms. The molecule has 4 aromatic rings. The summed E-state index contributed by atoms with van der Waals surface area (Å²) < 4.78 is 0. The molecule has 152 valence electrons. The molecular formula is C22H19N3O3S2. The third-order valence-electron chi connectivity index (χ3n) is 4.57. The lowest BCUT2D eigenvalue weighted by Crippen LogP contribution is -2.23. The molecule has 0 aliphatic rings. The number of fused-ring (bicyclic) bond motifs is 1. The van der Waals surface area contributed by atoms with Crippen molar-refractivity contribution in [3.63, 3.8) is 0 Å². The third kappa shape index (κ3) is 4.10. The predicted molar refractivity (Wildman–Crippen MR) is 122 cm³/mol. The number of amides is 1. The van der Waals surface area contributed by atoms with Crippen LogP contribution in [0, 0.1) is 6.92 Å². The van der Waals surface area contributed by atoms with Gasteiger partial charge in [0, 0.05) is 16.1 Å². The van der Waals surface area contributed by atoms with E-state index in [1.165, 1.54) is 35.2 Å². The van der Waals surface area contributed by atoms with E-state index < -0.39 is 5.25 Å². The Morgan fingerprint density at radius 2 is 1.87 bits per heavy atom. The Balaban J connectivity index is 1.59. The number of thioether (sulfide) groups is 1. The number of aromatic hydroxyl groups is 1. The minimum Gasteiger partial charge on any atom is -0.508 e. The number of rotatable bonds is 5. The number of anilines is 1. The number of hydrogen-bond donors (Lipinski definition) is 3. The highest BCUT2D eigenvalue weighted by molar-refractivity contribution is 8.00. The first-order chi connectivity index (χ1) is 14.4. The first-order valence-corrected chi connectivity index (χ1v) is 11.0. The Kier molecular flexibility index (Phi) is 5.61. The van der Waals surface area contributed by atoms with Gasteiger partial charge in [-0.2, -0.15) is 0 Å². The van der Waals surface area contributed by atoms with Gasteiger partial charge in [-0.05, 0) is 43.7 Å². The molecule has 6 nitrogen and oxygen atoms in total. The molecule has 4 rings (SSSR count). The van der Waals surface area contributed by atoms with Crippen LogP contribution in [0.1, 0.15) is 11.8 Å². The van der Waals surface area contributed by atoms with E-state index in [0.717, 1.165) is 16.0 Å². The third-order valence-corrected chi connectivity index (χ3v) is 6.55. The molecule has 2 aromatic heterocycles. The second kappa shape index (κ2) is 8.33. The van der Waals surface area contributed by atoms with Gasteiger partial charge in [0.15, 0.2) is 5.16 Å². The van der Waals surface area contributed by atoms with E-state index in [2.05, 4.69) is 15.3 Å². The van der Waals surface area contributed by atoms with Crippen LogP contribution >= 0.6 is 23.1 Å². The Morgan fingerprint density at radius 1 is 1.17 bits per heavy atom. The van der Waals surface area contributed by atoms with E-state index in [4.69, 9.17) is 0 Å². The Labute approximate surface area is 181 Å². The molecular weight excluding hydrogens is 418 g/mol. The molecule has 0 radical (unpaired) electrons. The van der Waals surface area contributed by atoms with Crippen LogP contribution in [0.3, 0.4) is 0 Å². The predicted octanol–water partition coefficient (Wildman–Crippen LogP) is 4.78. The summed E-state index contributed by atoms with van der Waals surface area (Å²) in [4.78, 5) is 34.4. The van der Waals surface area contributed by atoms with E-state index in [9.17, 15) is 14.7 Å². The van der Waals surface area contributed by atoms with Crippen molar-refractivity contribution < 1.29 is 9.90 Å². The summed E-state index contributed by atoms with van der Waals surface area (Å²) in [7, 11) is 0. The topological polar surface area (TPSA) is 95.1 Å². The number of aromatic amines is 1. The summed E-state index contributed by atoms with van der Waals surface area (Å²) in [5.74, 6) is -0.0904. The standard InChI is InChI=1S/C22H19N3O3S2/c1-12-17(14-6-4-3-5-7-14)18-20(28)24-22(25-21(18)29-12)30-13(2)19(27)23-15-8-10-16(26)11-9-15/h3-11,13,26H,1-2H3,(H,23,27)(H,24,25,28). The van der Waals surface area contributed by atoms with Crippen molar-refractivity contribution >= 4 is 44.9 Å². The van der Waals surface area contributed by atoms with Crippen molar-refractivity contribution in [3.05, 3.63) is 69.8 Å². The average Bonchev–Trinajstić information content (AvgIpc) is 3.06. The van der Waals surface area contributed by atoms with Gasteiger partial charge in [0.2, 0.25) is 5.91 Å². The SMILES string of the molecule is Cc1sc2nc(SC(C)C(=O)Nc3ccc(O)cc3)[nH]c(=O)c2c1-c1ccccc1. The maximum absolute atomic E-state index is 12.9. The summed E-state index contributed by atoms with van der Waals surface area (Å²) in [6.45, 7) is 3.73. The summed E-state index contributed by atoms with van der Waals surface area (Å²) in [5, 5.41) is 12.6. The zero-order valence-corrected chi connectivity index (χ0v) is 17.9. The van der Waals surface area contributed by atoms with Crippen LogP contribution in [0.2, 0.25) is 0 Å². The number of aromatic nitrogens is 2. The molecule has 0 fully saturated rings. The van der Waals surface area contributed by atoms with E-state index in [-0.39, 0.29) is 17.2 Å². The summed E-state index contributed by atoms with van der Waals surface area (Å²) in [6.07, 6.45) is 0. The highest BCUT2D eigenvalue weighted by atomic mass is 32.2. The van der Waals surface area contributed by atoms with Crippen molar-refractivity contribution in [1.29, 1.82) is 0 Å². The number of hydrogen-bond acceptors (Lipinski definition) is 6. The second-order valence-corrected chi connectivity index (χ2v) is 9.28. The first-order valence-electron chi connectivity index (χ1n) is 9.28. The number of carbonyl (C=O) groups excluding carboxylic acids is 1. The van der Waals surface area contributed by atoms with Crippen LogP contribution < -0.4 is 10.9 Å². The molecule has 0 bridgehead atoms. The number of nitrogens with one attached hydrogen (secondary N) is 2. The molecule has 8 heteroatoms. The zero-order valence-electron chi connectivity index (χ0n) is 16.3. The summed E-state index contributed by atoms with van der Waals surface area (Å²) in [5.41, 5.74) is 2.26. The fraction of sp³-hybridized carbons (Fsp3) is 0.136. The van der Waals surface area contributed by atoms with Gasteiger partial charge in [0.05, 0.1) is 10.6 Å². The lowest BCUT2D eigenvalue weighted by molar-refractivity contribution is -0.115. The summed E-state index contributed by atoms with van der Waals surface area (Å²) >= 11 is 2.67. The van der Waals surface area contributed by atoms with Gasteiger partial charge in [-0.25, -0.2) is 4.98 Å². The lowest BCUT2D eigenvalue weighted by Gasteiger charge is -2.11. The number of nitrogens with zero attached hydrogens (tertiary/aromatic N) is 1. The number of aryl methyl sites for hydroxylation is 1. The zero-order chi connectivity index (χ0) is 21.3. The van der Waals surface area contributed by atoms with Crippen LogP contribution in [0.5, 0.6) is 5.75 Å². The van der Waals surface area contributed by atoms with E-state index in [1.54, 1.807) is 19.1 Å². The van der Waals surface area contributed by atoms with Crippen molar-refractivity contribution in [2.45, 2.75) is 24.3 Å². The molecule has 0 aliphatic heterocycles. The molecule has 1 unspecified atom stereocenters. The number of phenols is 1. The molecule has 1 atom stereocenters. The number of H-pyrrole nitrogens is 1. The van der Waals surface area contributed by atoms with E-state index >= 15 is 0 Å². The number of carbonyl (C=O) groups is 1. The van der Waals surface area contributed by atoms with Gasteiger partial charge in [-0.15, -0.1) is 11.3 Å². The smallest absolute Gasteiger partial charge is 0.260 e. The monoisotopic (exact) mass is 437 g/mol. The fourth-order valence-corrected chi connectivity index (χ4v) is 5.02. The van der Waals surface area contributed by atoms with E-state index in [0.29, 0.717) is 21.1 Å². The molecule has 0 saturated heterocycles. The molecule has 2 heterocycles. The quantitative estimate of drug-likeness (QED) is 0.237. The number of phenolic OH excluding ortho intramolecular Hbond substituents is 1. The fourth-order valence-electron chi connectivity index (χ4n) is 3.12. The summed E-state index contributed by atoms with van der Waals surface area (Å²) in [6, 6.07) is 16.0. The van der Waals surface area contributed by atoms with Crippen LogP contribution in [0.25, 0.3) is 21.3 Å². The van der Waals surface area contributed by atoms with Gasteiger partial charge >= 0.3 is 0 Å². The number of benzene rings is 2. The van der Waals surface area contributed by atoms with E-state index in [1.807, 2.05) is 37.3 Å². The molecule has 0 aliphatic carbocycles. The van der Waals surface area contributed by atoms with Gasteiger partial charge < -0.3 is 15.4 Å². The van der Waals surface area contributed by atoms with Crippen molar-refractivity contribution in [1.82, 2.24) is 9.97 Å². The maximum atomic E-state index is 12.9. The molecule has 0 spiro atoms. The molecule has 0 saturated carbocycles. The first kappa shape index (κ1) is 20.2. The van der Waals surface area contributed by atoms with Gasteiger partial charge in [-0.3, -0.25) is 9.59 Å². The maximum Gasteiger partial charge on any atom is 0.260 e. The normalized spacial score (nSPS) is 12.1. The highest BCUT2D eigenvalue weighted by Crippen LogP contribution is 2.36. The van der Waals surface area contributed by atoms with Crippen LogP contribution in [0.15, 0.2) is 64.5 Å². The van der Waals surface area contributed by atoms with Crippen LogP contribution in [-0.2, 0) is 4.79 Å². The minimum atomic E-state index is -0.478. The highest BCUT2D eigenvalue weighted by Gasteiger charge is 2.20. The molecule has 3 N–H and O–H groups in total. The van der Waals surface area contributed by atoms with Crippen molar-refractivity contribution in [2.24, 2.45) is 0 Å². The van der Waals surface area contributed by atoms with Crippen LogP contribution in [0.4, 0.5) is 5.69 Å². The van der Waals surface area contributed by atoms with Crippen molar-refractivity contribution in [3.8, 4) is 16.9 Å². The van der Waals surface area contributed by atoms with Gasteiger partial charge in [0.25, 0.3) is 5.56 Å². The van der Waals surface area contributed by atoms with Crippen LogP contribution in [-0.4, -0.2) is 26.2 Å². The molecule has 1 amide bonds. The molecule has 2 aromatic carbocycles. The Bertz CT molecular complexity index is 1260. The Hall–Kier alpha value is -3.10. The van der Waals surface area contributed by atoms with Gasteiger partial charge in [-0.1, -0.05) is 42.1 Å². The largest absolute Gasteiger partial charge is 0.508 e. The average molecular weight is 438 g/mol. The Morgan fingerprint density at radius 3 is 2.57 bits per heavy atom. The second-order valence-electron chi connectivity index (χ2n) is 6.75. The minimum absolute atomic E-state index is 0.131. The lowest BCUT2D eigenvalue weighted by atomic mass is 10.0. The van der Waals surface area contributed by atoms with Gasteiger partial charge in [0.1, 0.15) is 10.6 Å².